The van der Waals surface area contributed by atoms with Crippen molar-refractivity contribution >= 4 is 33.9 Å². The van der Waals surface area contributed by atoms with Crippen LogP contribution >= 0.6 is 0 Å². The molecule has 0 spiro atoms. The fourth-order valence-corrected chi connectivity index (χ4v) is 2.71. The third-order valence-corrected chi connectivity index (χ3v) is 4.44. The van der Waals surface area contributed by atoms with Crippen LogP contribution in [-0.2, 0) is 16.1 Å². The van der Waals surface area contributed by atoms with Gasteiger partial charge < -0.3 is 15.1 Å². The molecule has 0 fully saturated rings. The topological polar surface area (TPSA) is 106 Å². The van der Waals surface area contributed by atoms with Crippen LogP contribution in [0.15, 0.2) is 39.8 Å². The molecule has 2 heterocycles. The van der Waals surface area contributed by atoms with Crippen molar-refractivity contribution in [2.45, 2.75) is 45.8 Å². The number of nitrogens with zero attached hydrogens (tertiary/aromatic N) is 2. The summed E-state index contributed by atoms with van der Waals surface area (Å²) in [5, 5.41) is 6.14. The van der Waals surface area contributed by atoms with E-state index >= 15 is 0 Å². The Morgan fingerprint density at radius 2 is 1.96 bits per heavy atom. The smallest absolute Gasteiger partial charge is 0.297 e. The lowest BCUT2D eigenvalue weighted by atomic mass is 10.2. The molecule has 0 bridgehead atoms. The highest BCUT2D eigenvalue weighted by molar-refractivity contribution is 6.01. The highest BCUT2D eigenvalue weighted by Crippen LogP contribution is 2.23. The third kappa shape index (κ3) is 3.84. The lowest BCUT2D eigenvalue weighted by Gasteiger charge is -2.17. The molecule has 0 radical (unpaired) electrons. The molecule has 2 amide bonds. The first-order chi connectivity index (χ1) is 12.9. The highest BCUT2D eigenvalue weighted by atomic mass is 16.3. The summed E-state index contributed by atoms with van der Waals surface area (Å²) in [6.07, 6.45) is 2.11. The summed E-state index contributed by atoms with van der Waals surface area (Å²) in [5.41, 5.74) is 0.695. The zero-order chi connectivity index (χ0) is 19.6. The predicted molar refractivity (Wildman–Crippen MR) is 101 cm³/mol. The van der Waals surface area contributed by atoms with Crippen LogP contribution in [0.25, 0.3) is 22.1 Å². The summed E-state index contributed by atoms with van der Waals surface area (Å²) in [7, 11) is 0. The first kappa shape index (κ1) is 18.6. The van der Waals surface area contributed by atoms with Crippen LogP contribution in [0.3, 0.4) is 0 Å². The van der Waals surface area contributed by atoms with E-state index in [1.165, 1.54) is 10.9 Å². The number of benzene rings is 1. The van der Waals surface area contributed by atoms with E-state index in [1.54, 1.807) is 13.0 Å². The Bertz CT molecular complexity index is 1050. The average molecular weight is 370 g/mol. The quantitative estimate of drug-likeness (QED) is 0.685. The van der Waals surface area contributed by atoms with Crippen molar-refractivity contribution in [1.29, 1.82) is 0 Å². The number of nitrogens with one attached hydrogen (secondary N) is 2. The molecule has 2 N–H and O–H groups in total. The van der Waals surface area contributed by atoms with Crippen LogP contribution in [0.4, 0.5) is 0 Å². The van der Waals surface area contributed by atoms with Gasteiger partial charge in [0.25, 0.3) is 5.56 Å². The van der Waals surface area contributed by atoms with Crippen LogP contribution in [-0.4, -0.2) is 33.4 Å². The molecular formula is C19H22N4O4. The van der Waals surface area contributed by atoms with Gasteiger partial charge in [-0.3, -0.25) is 19.0 Å². The van der Waals surface area contributed by atoms with Crippen LogP contribution in [0, 0.1) is 0 Å². The molecule has 0 aliphatic heterocycles. The van der Waals surface area contributed by atoms with Gasteiger partial charge >= 0.3 is 0 Å². The number of hydrogen-bond acceptors (Lipinski definition) is 5. The van der Waals surface area contributed by atoms with Crippen molar-refractivity contribution in [3.05, 3.63) is 40.9 Å². The molecule has 2 aromatic heterocycles. The summed E-state index contributed by atoms with van der Waals surface area (Å²) < 4.78 is 6.76. The lowest BCUT2D eigenvalue weighted by Crippen LogP contribution is -2.48. The molecule has 0 aliphatic rings. The summed E-state index contributed by atoms with van der Waals surface area (Å²) in [6, 6.07) is 6.55. The normalized spacial score (nSPS) is 13.4. The number of aromatic nitrogens is 2. The van der Waals surface area contributed by atoms with Crippen molar-refractivity contribution < 1.29 is 14.0 Å². The second kappa shape index (κ2) is 7.61. The SMILES string of the molecule is CCC(C)NC(=O)C(C)NC(=O)Cn1cnc2c(oc3ccccc32)c1=O. The van der Waals surface area contributed by atoms with E-state index in [1.807, 2.05) is 32.0 Å². The molecule has 3 rings (SSSR count). The average Bonchev–Trinajstić information content (AvgIpc) is 3.03. The molecule has 0 saturated heterocycles. The Morgan fingerprint density at radius 1 is 1.22 bits per heavy atom. The number of para-hydroxylation sites is 1. The van der Waals surface area contributed by atoms with Gasteiger partial charge in [-0.15, -0.1) is 0 Å². The van der Waals surface area contributed by atoms with E-state index < -0.39 is 17.5 Å². The van der Waals surface area contributed by atoms with Gasteiger partial charge in [0, 0.05) is 11.4 Å². The molecule has 8 nitrogen and oxygen atoms in total. The van der Waals surface area contributed by atoms with Gasteiger partial charge in [0.1, 0.15) is 23.7 Å². The minimum atomic E-state index is -0.704. The Labute approximate surface area is 155 Å². The van der Waals surface area contributed by atoms with Crippen LogP contribution in [0.1, 0.15) is 27.2 Å². The Morgan fingerprint density at radius 3 is 2.70 bits per heavy atom. The fourth-order valence-electron chi connectivity index (χ4n) is 2.71. The number of hydrogen-bond donors (Lipinski definition) is 2. The van der Waals surface area contributed by atoms with Gasteiger partial charge in [0.15, 0.2) is 0 Å². The Kier molecular flexibility index (Phi) is 5.25. The van der Waals surface area contributed by atoms with Crippen LogP contribution in [0.5, 0.6) is 0 Å². The third-order valence-electron chi connectivity index (χ3n) is 4.44. The molecule has 0 aliphatic carbocycles. The first-order valence-corrected chi connectivity index (χ1v) is 8.87. The molecule has 8 heteroatoms. The molecule has 2 unspecified atom stereocenters. The van der Waals surface area contributed by atoms with Crippen molar-refractivity contribution in [3.8, 4) is 0 Å². The minimum absolute atomic E-state index is 0.0270. The van der Waals surface area contributed by atoms with Gasteiger partial charge in [-0.25, -0.2) is 4.98 Å². The van der Waals surface area contributed by atoms with E-state index in [4.69, 9.17) is 4.42 Å². The van der Waals surface area contributed by atoms with Gasteiger partial charge in [-0.2, -0.15) is 0 Å². The fraction of sp³-hybridized carbons (Fsp3) is 0.368. The maximum Gasteiger partial charge on any atom is 0.297 e. The highest BCUT2D eigenvalue weighted by Gasteiger charge is 2.19. The molecule has 2 atom stereocenters. The number of rotatable bonds is 6. The van der Waals surface area contributed by atoms with E-state index in [2.05, 4.69) is 15.6 Å². The summed E-state index contributed by atoms with van der Waals surface area (Å²) in [5.74, 6) is -0.725. The van der Waals surface area contributed by atoms with E-state index in [-0.39, 0.29) is 24.1 Å². The van der Waals surface area contributed by atoms with Gasteiger partial charge in [-0.05, 0) is 32.4 Å². The number of carbonyl (C=O) groups excluding carboxylic acids is 2. The standard InChI is InChI=1S/C19H22N4O4/c1-4-11(2)21-18(25)12(3)22-15(24)9-23-10-20-16-13-7-5-6-8-14(13)27-17(16)19(23)26/h5-8,10-12H,4,9H2,1-3H3,(H,21,25)(H,22,24). The second-order valence-electron chi connectivity index (χ2n) is 6.56. The Hall–Kier alpha value is -3.16. The van der Waals surface area contributed by atoms with Gasteiger partial charge in [0.05, 0.1) is 6.33 Å². The predicted octanol–water partition coefficient (Wildman–Crippen LogP) is 1.56. The first-order valence-electron chi connectivity index (χ1n) is 8.87. The maximum absolute atomic E-state index is 12.6. The Balaban J connectivity index is 1.75. The zero-order valence-electron chi connectivity index (χ0n) is 15.5. The molecular weight excluding hydrogens is 348 g/mol. The lowest BCUT2D eigenvalue weighted by molar-refractivity contribution is -0.129. The number of fused-ring (bicyclic) bond motifs is 3. The van der Waals surface area contributed by atoms with E-state index in [0.29, 0.717) is 11.1 Å². The second-order valence-corrected chi connectivity index (χ2v) is 6.56. The summed E-state index contributed by atoms with van der Waals surface area (Å²) >= 11 is 0. The van der Waals surface area contributed by atoms with E-state index in [9.17, 15) is 14.4 Å². The number of carbonyl (C=O) groups is 2. The van der Waals surface area contributed by atoms with E-state index in [0.717, 1.165) is 11.8 Å². The van der Waals surface area contributed by atoms with Crippen molar-refractivity contribution in [3.63, 3.8) is 0 Å². The van der Waals surface area contributed by atoms with Crippen LogP contribution in [0.2, 0.25) is 0 Å². The molecule has 0 saturated carbocycles. The summed E-state index contributed by atoms with van der Waals surface area (Å²) in [6.45, 7) is 5.20. The van der Waals surface area contributed by atoms with Gasteiger partial charge in [0.2, 0.25) is 17.4 Å². The molecule has 3 aromatic rings. The van der Waals surface area contributed by atoms with Crippen LogP contribution < -0.4 is 16.2 Å². The largest absolute Gasteiger partial charge is 0.448 e. The summed E-state index contributed by atoms with van der Waals surface area (Å²) in [4.78, 5) is 41.1. The van der Waals surface area contributed by atoms with Crippen molar-refractivity contribution in [2.75, 3.05) is 0 Å². The molecule has 27 heavy (non-hydrogen) atoms. The minimum Gasteiger partial charge on any atom is -0.448 e. The maximum atomic E-state index is 12.6. The zero-order valence-corrected chi connectivity index (χ0v) is 15.5. The number of amides is 2. The molecule has 142 valence electrons. The van der Waals surface area contributed by atoms with Gasteiger partial charge in [-0.1, -0.05) is 19.1 Å². The van der Waals surface area contributed by atoms with Crippen molar-refractivity contribution in [2.24, 2.45) is 0 Å². The van der Waals surface area contributed by atoms with Crippen molar-refractivity contribution in [1.82, 2.24) is 20.2 Å². The monoisotopic (exact) mass is 370 g/mol. The number of furan rings is 1. The molecule has 1 aromatic carbocycles.